The van der Waals surface area contributed by atoms with Gasteiger partial charge in [-0.2, -0.15) is 11.8 Å². The van der Waals surface area contributed by atoms with Gasteiger partial charge >= 0.3 is 12.0 Å². The lowest BCUT2D eigenvalue weighted by molar-refractivity contribution is -0.139. The van der Waals surface area contributed by atoms with Gasteiger partial charge in [0.1, 0.15) is 6.04 Å². The lowest BCUT2D eigenvalue weighted by Gasteiger charge is -2.17. The van der Waals surface area contributed by atoms with Crippen molar-refractivity contribution in [1.82, 2.24) is 10.6 Å². The molecular weight excluding hydrogens is 240 g/mol. The first-order valence-corrected chi connectivity index (χ1v) is 7.19. The van der Waals surface area contributed by atoms with Gasteiger partial charge in [0.15, 0.2) is 0 Å². The number of thioether (sulfide) groups is 1. The Kier molecular flexibility index (Phi) is 8.66. The van der Waals surface area contributed by atoms with E-state index in [0.717, 1.165) is 12.8 Å². The highest BCUT2D eigenvalue weighted by atomic mass is 32.2. The molecule has 0 aromatic rings. The number of hydrogen-bond acceptors (Lipinski definition) is 3. The Labute approximate surface area is 107 Å². The molecule has 0 heterocycles. The molecule has 5 nitrogen and oxygen atoms in total. The Hall–Kier alpha value is -0.910. The van der Waals surface area contributed by atoms with Crippen LogP contribution in [-0.4, -0.2) is 41.2 Å². The highest BCUT2D eigenvalue weighted by Crippen LogP contribution is 2.01. The van der Waals surface area contributed by atoms with Crippen LogP contribution in [-0.2, 0) is 4.79 Å². The Bertz CT molecular complexity index is 249. The second-order valence-corrected chi connectivity index (χ2v) is 4.97. The first-order chi connectivity index (χ1) is 8.01. The molecule has 0 aliphatic carbocycles. The lowest BCUT2D eigenvalue weighted by atomic mass is 10.2. The van der Waals surface area contributed by atoms with Crippen LogP contribution in [0.3, 0.4) is 0 Å². The molecule has 0 rings (SSSR count). The first-order valence-electron chi connectivity index (χ1n) is 5.80. The summed E-state index contributed by atoms with van der Waals surface area (Å²) in [7, 11) is 0. The number of carbonyl (C=O) groups is 2. The van der Waals surface area contributed by atoms with Crippen molar-refractivity contribution in [2.24, 2.45) is 0 Å². The maximum Gasteiger partial charge on any atom is 0.326 e. The molecule has 100 valence electrons. The SMILES string of the molecule is CCCC(C)NC(=O)N[C@@H](CCSC)C(=O)O. The topological polar surface area (TPSA) is 78.4 Å². The van der Waals surface area contributed by atoms with Gasteiger partial charge in [-0.25, -0.2) is 9.59 Å². The van der Waals surface area contributed by atoms with Crippen LogP contribution in [0.25, 0.3) is 0 Å². The minimum atomic E-state index is -0.989. The maximum atomic E-state index is 11.5. The summed E-state index contributed by atoms with van der Waals surface area (Å²) >= 11 is 1.56. The van der Waals surface area contributed by atoms with Crippen molar-refractivity contribution in [2.75, 3.05) is 12.0 Å². The van der Waals surface area contributed by atoms with Crippen molar-refractivity contribution in [3.63, 3.8) is 0 Å². The van der Waals surface area contributed by atoms with Gasteiger partial charge in [-0.05, 0) is 31.8 Å². The van der Waals surface area contributed by atoms with Crippen LogP contribution in [0.15, 0.2) is 0 Å². The fourth-order valence-electron chi connectivity index (χ4n) is 1.42. The Morgan fingerprint density at radius 2 is 1.94 bits per heavy atom. The molecule has 17 heavy (non-hydrogen) atoms. The molecule has 0 spiro atoms. The number of carboxylic acids is 1. The monoisotopic (exact) mass is 262 g/mol. The van der Waals surface area contributed by atoms with Crippen molar-refractivity contribution in [3.05, 3.63) is 0 Å². The van der Waals surface area contributed by atoms with Gasteiger partial charge in [0, 0.05) is 6.04 Å². The van der Waals surface area contributed by atoms with Gasteiger partial charge in [-0.3, -0.25) is 0 Å². The van der Waals surface area contributed by atoms with E-state index in [4.69, 9.17) is 5.11 Å². The predicted octanol–water partition coefficient (Wildman–Crippen LogP) is 1.68. The molecule has 2 amide bonds. The van der Waals surface area contributed by atoms with Gasteiger partial charge in [0.25, 0.3) is 0 Å². The summed E-state index contributed by atoms with van der Waals surface area (Å²) in [6.07, 6.45) is 4.21. The molecule has 6 heteroatoms. The van der Waals surface area contributed by atoms with Crippen molar-refractivity contribution in [2.45, 2.75) is 45.2 Å². The number of amides is 2. The van der Waals surface area contributed by atoms with Crippen molar-refractivity contribution < 1.29 is 14.7 Å². The van der Waals surface area contributed by atoms with Crippen molar-refractivity contribution >= 4 is 23.8 Å². The molecule has 3 N–H and O–H groups in total. The number of carboxylic acid groups (broad SMARTS) is 1. The number of carbonyl (C=O) groups excluding carboxylic acids is 1. The Balaban J connectivity index is 4.07. The van der Waals surface area contributed by atoms with Gasteiger partial charge in [0.2, 0.25) is 0 Å². The van der Waals surface area contributed by atoms with E-state index in [-0.39, 0.29) is 6.04 Å². The molecule has 1 unspecified atom stereocenters. The molecule has 0 fully saturated rings. The van der Waals surface area contributed by atoms with E-state index in [9.17, 15) is 9.59 Å². The van der Waals surface area contributed by atoms with Gasteiger partial charge in [-0.1, -0.05) is 13.3 Å². The number of nitrogens with one attached hydrogen (secondary N) is 2. The standard InChI is InChI=1S/C11H22N2O3S/c1-4-5-8(2)12-11(16)13-9(10(14)15)6-7-17-3/h8-9H,4-7H2,1-3H3,(H,14,15)(H2,12,13,16)/t8?,9-/m0/s1. The summed E-state index contributed by atoms with van der Waals surface area (Å²) in [5, 5.41) is 14.1. The van der Waals surface area contributed by atoms with E-state index < -0.39 is 18.0 Å². The molecule has 0 radical (unpaired) electrons. The van der Waals surface area contributed by atoms with Crippen LogP contribution in [0.2, 0.25) is 0 Å². The van der Waals surface area contributed by atoms with E-state index in [0.29, 0.717) is 12.2 Å². The van der Waals surface area contributed by atoms with Crippen LogP contribution in [0, 0.1) is 0 Å². The van der Waals surface area contributed by atoms with Gasteiger partial charge in [0.05, 0.1) is 0 Å². The second kappa shape index (κ2) is 9.15. The fraction of sp³-hybridized carbons (Fsp3) is 0.818. The van der Waals surface area contributed by atoms with E-state index >= 15 is 0 Å². The predicted molar refractivity (Wildman–Crippen MR) is 70.5 cm³/mol. The van der Waals surface area contributed by atoms with E-state index in [2.05, 4.69) is 10.6 Å². The van der Waals surface area contributed by atoms with Crippen LogP contribution < -0.4 is 10.6 Å². The molecule has 0 saturated carbocycles. The fourth-order valence-corrected chi connectivity index (χ4v) is 1.89. The average Bonchev–Trinajstić information content (AvgIpc) is 2.23. The number of rotatable bonds is 8. The van der Waals surface area contributed by atoms with Crippen LogP contribution in [0.4, 0.5) is 4.79 Å². The largest absolute Gasteiger partial charge is 0.480 e. The zero-order valence-electron chi connectivity index (χ0n) is 10.7. The number of hydrogen-bond donors (Lipinski definition) is 3. The molecule has 0 saturated heterocycles. The van der Waals surface area contributed by atoms with Gasteiger partial charge in [-0.15, -0.1) is 0 Å². The Morgan fingerprint density at radius 1 is 1.29 bits per heavy atom. The normalized spacial score (nSPS) is 13.8. The van der Waals surface area contributed by atoms with Crippen LogP contribution in [0.5, 0.6) is 0 Å². The van der Waals surface area contributed by atoms with E-state index in [1.165, 1.54) is 0 Å². The minimum absolute atomic E-state index is 0.0648. The third kappa shape index (κ3) is 7.90. The molecule has 0 aromatic heterocycles. The highest BCUT2D eigenvalue weighted by Gasteiger charge is 2.19. The van der Waals surface area contributed by atoms with Crippen molar-refractivity contribution in [3.8, 4) is 0 Å². The lowest BCUT2D eigenvalue weighted by Crippen LogP contribution is -2.48. The minimum Gasteiger partial charge on any atom is -0.480 e. The highest BCUT2D eigenvalue weighted by molar-refractivity contribution is 7.98. The summed E-state index contributed by atoms with van der Waals surface area (Å²) in [5.74, 6) is -0.278. The van der Waals surface area contributed by atoms with Crippen molar-refractivity contribution in [1.29, 1.82) is 0 Å². The second-order valence-electron chi connectivity index (χ2n) is 3.98. The van der Waals surface area contributed by atoms with Gasteiger partial charge < -0.3 is 15.7 Å². The van der Waals surface area contributed by atoms with Crippen LogP contribution in [0.1, 0.15) is 33.1 Å². The average molecular weight is 262 g/mol. The zero-order chi connectivity index (χ0) is 13.3. The first kappa shape index (κ1) is 16.1. The summed E-state index contributed by atoms with van der Waals surface area (Å²) in [6, 6.07) is -1.15. The maximum absolute atomic E-state index is 11.5. The quantitative estimate of drug-likeness (QED) is 0.622. The molecule has 0 bridgehead atoms. The third-order valence-corrected chi connectivity index (χ3v) is 2.96. The summed E-state index contributed by atoms with van der Waals surface area (Å²) in [5.41, 5.74) is 0. The molecule has 0 aliphatic heterocycles. The molecular formula is C11H22N2O3S. The van der Waals surface area contributed by atoms with E-state index in [1.807, 2.05) is 20.1 Å². The zero-order valence-corrected chi connectivity index (χ0v) is 11.5. The summed E-state index contributed by atoms with van der Waals surface area (Å²) in [4.78, 5) is 22.4. The molecule has 0 aromatic carbocycles. The number of urea groups is 1. The third-order valence-electron chi connectivity index (χ3n) is 2.31. The smallest absolute Gasteiger partial charge is 0.326 e. The molecule has 0 aliphatic rings. The Morgan fingerprint density at radius 3 is 2.41 bits per heavy atom. The molecule has 2 atom stereocenters. The summed E-state index contributed by atoms with van der Waals surface area (Å²) < 4.78 is 0. The van der Waals surface area contributed by atoms with E-state index in [1.54, 1.807) is 11.8 Å². The summed E-state index contributed by atoms with van der Waals surface area (Å²) in [6.45, 7) is 3.94. The number of aliphatic carboxylic acids is 1. The van der Waals surface area contributed by atoms with Crippen LogP contribution >= 0.6 is 11.8 Å².